The summed E-state index contributed by atoms with van der Waals surface area (Å²) < 4.78 is 11.6. The Morgan fingerprint density at radius 3 is 2.70 bits per heavy atom. The molecule has 5 rings (SSSR count). The molecule has 0 spiro atoms. The lowest BCUT2D eigenvalue weighted by Gasteiger charge is -2.39. The van der Waals surface area contributed by atoms with Crippen molar-refractivity contribution in [2.24, 2.45) is 11.8 Å². The molecular formula is C29H36N4O4. The summed E-state index contributed by atoms with van der Waals surface area (Å²) in [6.07, 6.45) is 7.31. The zero-order valence-corrected chi connectivity index (χ0v) is 21.3. The van der Waals surface area contributed by atoms with Gasteiger partial charge >= 0.3 is 0 Å². The van der Waals surface area contributed by atoms with Crippen molar-refractivity contribution in [2.45, 2.75) is 25.9 Å². The van der Waals surface area contributed by atoms with Crippen molar-refractivity contribution in [2.75, 3.05) is 52.5 Å². The molecule has 0 unspecified atom stereocenters. The van der Waals surface area contributed by atoms with Gasteiger partial charge in [-0.25, -0.2) is 0 Å². The maximum absolute atomic E-state index is 13.5. The summed E-state index contributed by atoms with van der Waals surface area (Å²) >= 11 is 0. The molecule has 1 aromatic carbocycles. The summed E-state index contributed by atoms with van der Waals surface area (Å²) in [6.45, 7) is 5.76. The Bertz CT molecular complexity index is 1090. The molecule has 0 N–H and O–H groups in total. The van der Waals surface area contributed by atoms with Crippen LogP contribution in [0.5, 0.6) is 5.75 Å². The van der Waals surface area contributed by atoms with Gasteiger partial charge in [-0.3, -0.25) is 19.5 Å². The molecule has 196 valence electrons. The molecule has 3 aliphatic rings. The van der Waals surface area contributed by atoms with Crippen molar-refractivity contribution in [3.63, 3.8) is 0 Å². The number of ether oxygens (including phenoxy) is 2. The molecule has 2 fully saturated rings. The van der Waals surface area contributed by atoms with Crippen LogP contribution in [-0.4, -0.2) is 84.0 Å². The Labute approximate surface area is 218 Å². The lowest BCUT2D eigenvalue weighted by atomic mass is 9.82. The molecule has 37 heavy (non-hydrogen) atoms. The van der Waals surface area contributed by atoms with E-state index in [4.69, 9.17) is 9.47 Å². The number of nitrogens with zero attached hydrogens (tertiary/aromatic N) is 4. The largest absolute Gasteiger partial charge is 0.489 e. The second-order valence-electron chi connectivity index (χ2n) is 10.1. The zero-order chi connectivity index (χ0) is 25.5. The molecule has 2 aromatic rings. The molecule has 0 aliphatic carbocycles. The predicted molar refractivity (Wildman–Crippen MR) is 140 cm³/mol. The summed E-state index contributed by atoms with van der Waals surface area (Å²) in [5, 5.41) is 0. The Hall–Kier alpha value is -3.23. The third-order valence-corrected chi connectivity index (χ3v) is 7.52. The topological polar surface area (TPSA) is 75.2 Å². The fourth-order valence-corrected chi connectivity index (χ4v) is 5.46. The molecule has 4 heterocycles. The zero-order valence-electron chi connectivity index (χ0n) is 21.3. The SMILES string of the molecule is O=C(C[C@@H]1CCN2C[C@@H]1C=CCOc1ccccc1CN(Cc1ccccn1)CC2=O)N1CCOCC1. The maximum atomic E-state index is 13.5. The Kier molecular flexibility index (Phi) is 8.48. The van der Waals surface area contributed by atoms with Crippen molar-refractivity contribution in [3.05, 3.63) is 72.1 Å². The lowest BCUT2D eigenvalue weighted by molar-refractivity contribution is -0.138. The molecule has 0 radical (unpaired) electrons. The maximum Gasteiger partial charge on any atom is 0.236 e. The number of carbonyl (C=O) groups is 2. The van der Waals surface area contributed by atoms with Crippen molar-refractivity contribution >= 4 is 11.8 Å². The van der Waals surface area contributed by atoms with Crippen molar-refractivity contribution < 1.29 is 19.1 Å². The van der Waals surface area contributed by atoms with Crippen molar-refractivity contribution in [3.8, 4) is 5.75 Å². The van der Waals surface area contributed by atoms with E-state index in [-0.39, 0.29) is 23.7 Å². The second-order valence-corrected chi connectivity index (χ2v) is 10.1. The van der Waals surface area contributed by atoms with Gasteiger partial charge in [0.25, 0.3) is 0 Å². The van der Waals surface area contributed by atoms with Gasteiger partial charge in [0.1, 0.15) is 12.4 Å². The van der Waals surface area contributed by atoms with Gasteiger partial charge in [-0.15, -0.1) is 0 Å². The summed E-state index contributed by atoms with van der Waals surface area (Å²) in [6, 6.07) is 13.9. The standard InChI is InChI=1S/C29H36N4O4/c34-28(32-13-16-36-17-14-32)18-23-10-12-33-20-24(23)7-5-15-37-27-9-2-1-6-25(27)19-31(22-29(33)35)21-26-8-3-4-11-30-26/h1-9,11,23-24H,10,12-22H2/t23-,24-/m0/s1. The van der Waals surface area contributed by atoms with Crippen LogP contribution in [0.2, 0.25) is 0 Å². The molecule has 2 atom stereocenters. The van der Waals surface area contributed by atoms with Gasteiger partial charge in [0.05, 0.1) is 25.5 Å². The van der Waals surface area contributed by atoms with E-state index in [0.29, 0.717) is 72.1 Å². The number of piperidine rings is 1. The number of benzene rings is 1. The highest BCUT2D eigenvalue weighted by molar-refractivity contribution is 5.79. The number of hydrogen-bond donors (Lipinski definition) is 0. The van der Waals surface area contributed by atoms with Crippen LogP contribution in [0, 0.1) is 11.8 Å². The van der Waals surface area contributed by atoms with Gasteiger partial charge in [0.15, 0.2) is 0 Å². The highest BCUT2D eigenvalue weighted by Gasteiger charge is 2.33. The van der Waals surface area contributed by atoms with Gasteiger partial charge in [0.2, 0.25) is 11.8 Å². The molecule has 8 heteroatoms. The second kappa shape index (κ2) is 12.3. The predicted octanol–water partition coefficient (Wildman–Crippen LogP) is 2.75. The van der Waals surface area contributed by atoms with E-state index in [2.05, 4.69) is 22.0 Å². The fourth-order valence-electron chi connectivity index (χ4n) is 5.46. The van der Waals surface area contributed by atoms with Crippen molar-refractivity contribution in [1.29, 1.82) is 0 Å². The van der Waals surface area contributed by atoms with Crippen LogP contribution in [0.25, 0.3) is 0 Å². The third kappa shape index (κ3) is 6.76. The van der Waals surface area contributed by atoms with E-state index in [1.807, 2.05) is 52.3 Å². The summed E-state index contributed by atoms with van der Waals surface area (Å²) in [7, 11) is 0. The van der Waals surface area contributed by atoms with Crippen LogP contribution in [-0.2, 0) is 27.4 Å². The van der Waals surface area contributed by atoms with Crippen LogP contribution in [0.4, 0.5) is 0 Å². The highest BCUT2D eigenvalue weighted by Crippen LogP contribution is 2.30. The number of pyridine rings is 1. The van der Waals surface area contributed by atoms with Gasteiger partial charge < -0.3 is 19.3 Å². The number of carbonyl (C=O) groups excluding carboxylic acids is 2. The van der Waals surface area contributed by atoms with Gasteiger partial charge in [-0.05, 0) is 36.5 Å². The van der Waals surface area contributed by atoms with Crippen LogP contribution in [0.1, 0.15) is 24.1 Å². The summed E-state index contributed by atoms with van der Waals surface area (Å²) in [4.78, 5) is 37.0. The first-order valence-electron chi connectivity index (χ1n) is 13.3. The van der Waals surface area contributed by atoms with Gasteiger partial charge in [-0.1, -0.05) is 36.4 Å². The minimum atomic E-state index is 0.116. The average molecular weight is 505 g/mol. The number of amides is 2. The minimum absolute atomic E-state index is 0.116. The minimum Gasteiger partial charge on any atom is -0.489 e. The normalized spacial score (nSPS) is 23.3. The molecule has 8 nitrogen and oxygen atoms in total. The third-order valence-electron chi connectivity index (χ3n) is 7.52. The Morgan fingerprint density at radius 1 is 1.03 bits per heavy atom. The number of fused-ring (bicyclic) bond motifs is 3. The number of rotatable bonds is 4. The van der Waals surface area contributed by atoms with Crippen LogP contribution in [0.3, 0.4) is 0 Å². The van der Waals surface area contributed by atoms with Crippen LogP contribution >= 0.6 is 0 Å². The molecule has 2 amide bonds. The lowest BCUT2D eigenvalue weighted by Crippen LogP contribution is -2.48. The Morgan fingerprint density at radius 2 is 1.86 bits per heavy atom. The van der Waals surface area contributed by atoms with E-state index >= 15 is 0 Å². The number of hydrogen-bond acceptors (Lipinski definition) is 6. The first-order valence-corrected chi connectivity index (χ1v) is 13.3. The van der Waals surface area contributed by atoms with E-state index in [1.165, 1.54) is 0 Å². The first-order chi connectivity index (χ1) is 18.2. The average Bonchev–Trinajstić information content (AvgIpc) is 2.94. The van der Waals surface area contributed by atoms with Crippen molar-refractivity contribution in [1.82, 2.24) is 19.7 Å². The van der Waals surface area contributed by atoms with Crippen LogP contribution < -0.4 is 4.74 Å². The Balaban J connectivity index is 1.34. The van der Waals surface area contributed by atoms with Gasteiger partial charge in [0, 0.05) is 57.4 Å². The monoisotopic (exact) mass is 504 g/mol. The van der Waals surface area contributed by atoms with E-state index in [9.17, 15) is 9.59 Å². The molecule has 2 bridgehead atoms. The number of morpholine rings is 1. The molecule has 3 aliphatic heterocycles. The smallest absolute Gasteiger partial charge is 0.236 e. The van der Waals surface area contributed by atoms with E-state index in [1.54, 1.807) is 6.20 Å². The summed E-state index contributed by atoms with van der Waals surface area (Å²) in [5.41, 5.74) is 1.98. The van der Waals surface area contributed by atoms with E-state index < -0.39 is 0 Å². The van der Waals surface area contributed by atoms with Crippen LogP contribution in [0.15, 0.2) is 60.8 Å². The van der Waals surface area contributed by atoms with Gasteiger partial charge in [-0.2, -0.15) is 0 Å². The molecule has 0 saturated carbocycles. The quantitative estimate of drug-likeness (QED) is 0.596. The molecular weight excluding hydrogens is 468 g/mol. The summed E-state index contributed by atoms with van der Waals surface area (Å²) in [5.74, 6) is 1.46. The number of aromatic nitrogens is 1. The fraction of sp³-hybridized carbons (Fsp3) is 0.483. The highest BCUT2D eigenvalue weighted by atomic mass is 16.5. The number of para-hydroxylation sites is 1. The molecule has 1 aromatic heterocycles. The first kappa shape index (κ1) is 25.4. The molecule has 2 saturated heterocycles. The van der Waals surface area contributed by atoms with E-state index in [0.717, 1.165) is 23.4 Å².